The lowest BCUT2D eigenvalue weighted by Gasteiger charge is -2.35. The van der Waals surface area contributed by atoms with E-state index in [9.17, 15) is 9.59 Å². The first-order valence-electron chi connectivity index (χ1n) is 8.46. The summed E-state index contributed by atoms with van der Waals surface area (Å²) >= 11 is 0. The Kier molecular flexibility index (Phi) is 3.79. The van der Waals surface area contributed by atoms with Gasteiger partial charge in [0, 0.05) is 23.5 Å². The quantitative estimate of drug-likeness (QED) is 0.825. The Morgan fingerprint density at radius 3 is 2.23 bits per heavy atom. The van der Waals surface area contributed by atoms with Gasteiger partial charge in [0.25, 0.3) is 0 Å². The van der Waals surface area contributed by atoms with Crippen molar-refractivity contribution in [2.45, 2.75) is 12.8 Å². The lowest BCUT2D eigenvalue weighted by atomic mass is 9.65. The number of benzene rings is 1. The molecule has 0 spiro atoms. The number of carbonyl (C=O) groups excluding carboxylic acids is 2. The van der Waals surface area contributed by atoms with Crippen LogP contribution < -0.4 is 14.2 Å². The van der Waals surface area contributed by atoms with E-state index in [1.54, 1.807) is 21.3 Å². The Bertz CT molecular complexity index is 892. The van der Waals surface area contributed by atoms with Gasteiger partial charge in [-0.3, -0.25) is 9.59 Å². The highest BCUT2D eigenvalue weighted by Gasteiger charge is 2.54. The molecule has 0 saturated carbocycles. The van der Waals surface area contributed by atoms with E-state index < -0.39 is 5.92 Å². The summed E-state index contributed by atoms with van der Waals surface area (Å²) in [4.78, 5) is 25.3. The molecule has 6 nitrogen and oxygen atoms in total. The molecule has 0 N–H and O–H groups in total. The summed E-state index contributed by atoms with van der Waals surface area (Å²) in [5.41, 5.74) is 3.25. The highest BCUT2D eigenvalue weighted by atomic mass is 16.5. The van der Waals surface area contributed by atoms with E-state index in [2.05, 4.69) is 0 Å². The van der Waals surface area contributed by atoms with E-state index in [0.717, 1.165) is 16.7 Å². The summed E-state index contributed by atoms with van der Waals surface area (Å²) in [6.45, 7) is 0. The van der Waals surface area contributed by atoms with Gasteiger partial charge in [-0.25, -0.2) is 0 Å². The fourth-order valence-electron chi connectivity index (χ4n) is 4.35. The Morgan fingerprint density at radius 1 is 0.885 bits per heavy atom. The van der Waals surface area contributed by atoms with Crippen molar-refractivity contribution in [1.29, 1.82) is 0 Å². The first kappa shape index (κ1) is 16.7. The number of Topliss-reactive ketones (excluding diaryl/α,β-unsaturated/α-hetero) is 2. The second kappa shape index (κ2) is 5.90. The van der Waals surface area contributed by atoms with Crippen molar-refractivity contribution in [1.82, 2.24) is 0 Å². The number of ether oxygens (including phenoxy) is 4. The Hall–Kier alpha value is -2.76. The number of hydrogen-bond donors (Lipinski definition) is 0. The molecule has 2 atom stereocenters. The van der Waals surface area contributed by atoms with E-state index in [-0.39, 0.29) is 17.5 Å². The molecular weight excluding hydrogens is 336 g/mol. The monoisotopic (exact) mass is 356 g/mol. The highest BCUT2D eigenvalue weighted by molar-refractivity contribution is 6.19. The topological polar surface area (TPSA) is 71.1 Å². The average Bonchev–Trinajstić information content (AvgIpc) is 2.84. The zero-order valence-electron chi connectivity index (χ0n) is 15.2. The molecular formula is C20H20O6. The van der Waals surface area contributed by atoms with Crippen LogP contribution in [0.25, 0.3) is 5.57 Å². The molecule has 136 valence electrons. The van der Waals surface area contributed by atoms with E-state index in [1.165, 1.54) is 7.11 Å². The minimum absolute atomic E-state index is 0.0107. The highest BCUT2D eigenvalue weighted by Crippen LogP contribution is 2.59. The summed E-state index contributed by atoms with van der Waals surface area (Å²) in [5.74, 6) is 1.20. The van der Waals surface area contributed by atoms with Crippen LogP contribution in [0.4, 0.5) is 0 Å². The summed E-state index contributed by atoms with van der Waals surface area (Å²) in [6.07, 6.45) is 2.72. The number of allylic oxidation sites excluding steroid dienone is 4. The van der Waals surface area contributed by atoms with Gasteiger partial charge in [-0.15, -0.1) is 0 Å². The van der Waals surface area contributed by atoms with Crippen molar-refractivity contribution in [3.63, 3.8) is 0 Å². The van der Waals surface area contributed by atoms with Crippen molar-refractivity contribution in [2.24, 2.45) is 11.8 Å². The first-order chi connectivity index (χ1) is 12.6. The molecule has 6 heteroatoms. The fraction of sp³-hybridized carbons (Fsp3) is 0.400. The van der Waals surface area contributed by atoms with Crippen LogP contribution in [0.5, 0.6) is 17.2 Å². The second-order valence-electron chi connectivity index (χ2n) is 6.53. The number of ketones is 2. The van der Waals surface area contributed by atoms with Crippen molar-refractivity contribution in [2.75, 3.05) is 28.4 Å². The number of aryl methyl sites for hydroxylation is 1. The maximum absolute atomic E-state index is 12.8. The average molecular weight is 356 g/mol. The predicted octanol–water partition coefficient (Wildman–Crippen LogP) is 2.34. The maximum atomic E-state index is 12.8. The zero-order valence-corrected chi connectivity index (χ0v) is 15.2. The van der Waals surface area contributed by atoms with Gasteiger partial charge in [0.2, 0.25) is 11.5 Å². The van der Waals surface area contributed by atoms with Gasteiger partial charge in [-0.1, -0.05) is 0 Å². The van der Waals surface area contributed by atoms with Gasteiger partial charge in [-0.2, -0.15) is 0 Å². The molecule has 4 rings (SSSR count). The summed E-state index contributed by atoms with van der Waals surface area (Å²) < 4.78 is 21.8. The molecule has 0 amide bonds. The third-order valence-corrected chi connectivity index (χ3v) is 5.47. The minimum atomic E-state index is -0.434. The van der Waals surface area contributed by atoms with Crippen LogP contribution in [-0.4, -0.2) is 40.0 Å². The standard InChI is InChI=1S/C20H20O6/c1-23-12-8-10-15-14-9(5-6-11(21)17(15)16(10)18(12)22)7-13(24-2)19(25-3)20(14)26-4/h7-8,10,16H,5-6H2,1-4H3. The molecule has 0 aromatic heterocycles. The van der Waals surface area contributed by atoms with Gasteiger partial charge in [-0.05, 0) is 29.7 Å². The van der Waals surface area contributed by atoms with Crippen LogP contribution in [-0.2, 0) is 20.7 Å². The molecule has 0 radical (unpaired) electrons. The van der Waals surface area contributed by atoms with E-state index in [4.69, 9.17) is 18.9 Å². The Labute approximate surface area is 151 Å². The zero-order chi connectivity index (χ0) is 18.6. The summed E-state index contributed by atoms with van der Waals surface area (Å²) in [6, 6.07) is 1.89. The molecule has 0 bridgehead atoms. The molecule has 26 heavy (non-hydrogen) atoms. The summed E-state index contributed by atoms with van der Waals surface area (Å²) in [5, 5.41) is 0. The van der Waals surface area contributed by atoms with Gasteiger partial charge >= 0.3 is 0 Å². The molecule has 1 aromatic carbocycles. The normalized spacial score (nSPS) is 23.3. The van der Waals surface area contributed by atoms with Gasteiger partial charge in [0.15, 0.2) is 23.0 Å². The lowest BCUT2D eigenvalue weighted by Crippen LogP contribution is -2.34. The molecule has 1 aromatic rings. The molecule has 3 aliphatic rings. The minimum Gasteiger partial charge on any atom is -0.493 e. The molecule has 0 heterocycles. The van der Waals surface area contributed by atoms with Gasteiger partial charge in [0.05, 0.1) is 34.4 Å². The maximum Gasteiger partial charge on any atom is 0.205 e. The van der Waals surface area contributed by atoms with Crippen LogP contribution in [0.2, 0.25) is 0 Å². The van der Waals surface area contributed by atoms with E-state index in [1.807, 2.05) is 12.1 Å². The van der Waals surface area contributed by atoms with Crippen LogP contribution >= 0.6 is 0 Å². The van der Waals surface area contributed by atoms with Crippen LogP contribution in [0.15, 0.2) is 23.5 Å². The van der Waals surface area contributed by atoms with E-state index in [0.29, 0.717) is 41.4 Å². The Balaban J connectivity index is 1.99. The molecule has 0 fully saturated rings. The molecule has 2 unspecified atom stereocenters. The first-order valence-corrected chi connectivity index (χ1v) is 8.46. The fourth-order valence-corrected chi connectivity index (χ4v) is 4.35. The number of carbonyl (C=O) groups is 2. The summed E-state index contributed by atoms with van der Waals surface area (Å²) in [7, 11) is 6.16. The number of fused-ring (bicyclic) bond motifs is 5. The lowest BCUT2D eigenvalue weighted by molar-refractivity contribution is -0.124. The molecule has 0 saturated heterocycles. The number of rotatable bonds is 4. The molecule has 0 aliphatic heterocycles. The van der Waals surface area contributed by atoms with Crippen molar-refractivity contribution < 1.29 is 28.5 Å². The Morgan fingerprint density at radius 2 is 1.62 bits per heavy atom. The largest absolute Gasteiger partial charge is 0.493 e. The SMILES string of the molecule is COC1=CC2C3=C(C(=O)CCc4cc(OC)c(OC)c(OC)c43)C2C1=O. The van der Waals surface area contributed by atoms with Crippen LogP contribution in [0.1, 0.15) is 17.5 Å². The van der Waals surface area contributed by atoms with Crippen LogP contribution in [0.3, 0.4) is 0 Å². The van der Waals surface area contributed by atoms with Crippen LogP contribution in [0, 0.1) is 11.8 Å². The third kappa shape index (κ3) is 1.98. The molecule has 3 aliphatic carbocycles. The van der Waals surface area contributed by atoms with Gasteiger partial charge < -0.3 is 18.9 Å². The number of methoxy groups -OCH3 is 4. The number of hydrogen-bond acceptors (Lipinski definition) is 6. The third-order valence-electron chi connectivity index (χ3n) is 5.47. The second-order valence-corrected chi connectivity index (χ2v) is 6.53. The van der Waals surface area contributed by atoms with Crippen molar-refractivity contribution in [3.05, 3.63) is 34.6 Å². The van der Waals surface area contributed by atoms with Crippen molar-refractivity contribution in [3.8, 4) is 17.2 Å². The van der Waals surface area contributed by atoms with E-state index >= 15 is 0 Å². The smallest absolute Gasteiger partial charge is 0.205 e. The van der Waals surface area contributed by atoms with Crippen molar-refractivity contribution >= 4 is 17.1 Å². The van der Waals surface area contributed by atoms with Gasteiger partial charge in [0.1, 0.15) is 0 Å². The predicted molar refractivity (Wildman–Crippen MR) is 93.4 cm³/mol.